The number of hydrogen-bond acceptors (Lipinski definition) is 6. The van der Waals surface area contributed by atoms with Crippen LogP contribution in [-0.2, 0) is 19.1 Å². The molecule has 31 heavy (non-hydrogen) atoms. The molecule has 2 amide bonds. The zero-order valence-electron chi connectivity index (χ0n) is 17.6. The third kappa shape index (κ3) is 7.11. The minimum atomic E-state index is -0.491. The number of amides is 2. The zero-order chi connectivity index (χ0) is 22.8. The van der Waals surface area contributed by atoms with Gasteiger partial charge in [-0.3, -0.25) is 9.59 Å². The van der Waals surface area contributed by atoms with Gasteiger partial charge in [-0.25, -0.2) is 9.59 Å². The van der Waals surface area contributed by atoms with Crippen LogP contribution in [0.1, 0.15) is 41.0 Å². The summed E-state index contributed by atoms with van der Waals surface area (Å²) in [5.41, 5.74) is 1.87. The van der Waals surface area contributed by atoms with Crippen molar-refractivity contribution in [3.8, 4) is 0 Å². The molecule has 0 aromatic heterocycles. The Balaban J connectivity index is 1.93. The number of ether oxygens (including phenoxy) is 2. The number of carbonyl (C=O) groups excluding carboxylic acids is 4. The van der Waals surface area contributed by atoms with E-state index in [1.165, 1.54) is 32.2 Å². The largest absolute Gasteiger partial charge is 0.465 e. The van der Waals surface area contributed by atoms with E-state index in [1.807, 2.05) is 6.92 Å². The minimum Gasteiger partial charge on any atom is -0.465 e. The first-order valence-electron chi connectivity index (χ1n) is 9.60. The van der Waals surface area contributed by atoms with Crippen LogP contribution in [0.5, 0.6) is 0 Å². The second-order valence-corrected chi connectivity index (χ2v) is 6.55. The maximum Gasteiger partial charge on any atom is 0.338 e. The predicted octanol–water partition coefficient (Wildman–Crippen LogP) is 3.56. The number of carbonyl (C=O) groups is 4. The lowest BCUT2D eigenvalue weighted by molar-refractivity contribution is -0.114. The van der Waals surface area contributed by atoms with Gasteiger partial charge >= 0.3 is 11.9 Å². The summed E-state index contributed by atoms with van der Waals surface area (Å²) in [4.78, 5) is 47.7. The molecule has 0 unspecified atom stereocenters. The summed E-state index contributed by atoms with van der Waals surface area (Å²) in [7, 11) is 1.28. The van der Waals surface area contributed by atoms with Gasteiger partial charge in [0.1, 0.15) is 0 Å². The molecule has 2 aromatic carbocycles. The molecule has 0 heterocycles. The maximum absolute atomic E-state index is 12.3. The van der Waals surface area contributed by atoms with E-state index in [4.69, 9.17) is 4.74 Å². The van der Waals surface area contributed by atoms with Crippen molar-refractivity contribution in [3.63, 3.8) is 0 Å². The van der Waals surface area contributed by atoms with Crippen molar-refractivity contribution in [2.45, 2.75) is 20.3 Å². The average Bonchev–Trinajstić information content (AvgIpc) is 2.77. The van der Waals surface area contributed by atoms with Crippen molar-refractivity contribution in [3.05, 3.63) is 71.3 Å². The minimum absolute atomic E-state index is 0.189. The molecule has 0 bridgehead atoms. The van der Waals surface area contributed by atoms with Gasteiger partial charge in [-0.05, 0) is 61.9 Å². The Morgan fingerprint density at radius 2 is 1.35 bits per heavy atom. The summed E-state index contributed by atoms with van der Waals surface area (Å²) in [5, 5.41) is 5.27. The SMILES string of the molecule is CCCOC(=O)c1ccc(NC(=O)/C=C(\C)C(=O)Nc2ccc(C(=O)OC)cc2)cc1. The lowest BCUT2D eigenvalue weighted by Crippen LogP contribution is -2.16. The second kappa shape index (κ2) is 11.3. The Morgan fingerprint density at radius 1 is 0.839 bits per heavy atom. The fraction of sp³-hybridized carbons (Fsp3) is 0.217. The maximum atomic E-state index is 12.3. The van der Waals surface area contributed by atoms with Gasteiger partial charge in [0, 0.05) is 23.0 Å². The molecular weight excluding hydrogens is 400 g/mol. The van der Waals surface area contributed by atoms with Crippen molar-refractivity contribution >= 4 is 35.1 Å². The van der Waals surface area contributed by atoms with Crippen molar-refractivity contribution in [2.24, 2.45) is 0 Å². The molecule has 0 aliphatic heterocycles. The van der Waals surface area contributed by atoms with Gasteiger partial charge in [0.2, 0.25) is 5.91 Å². The summed E-state index contributed by atoms with van der Waals surface area (Å²) in [5.74, 6) is -1.85. The fourth-order valence-electron chi connectivity index (χ4n) is 2.45. The zero-order valence-corrected chi connectivity index (χ0v) is 17.6. The predicted molar refractivity (Wildman–Crippen MR) is 116 cm³/mol. The Bertz CT molecular complexity index is 978. The standard InChI is InChI=1S/C23H24N2O6/c1-4-13-31-23(29)17-7-9-18(10-8-17)24-20(26)14-15(2)21(27)25-19-11-5-16(6-12-19)22(28)30-3/h5-12,14H,4,13H2,1-3H3,(H,24,26)(H,25,27)/b15-14+. The van der Waals surface area contributed by atoms with Gasteiger partial charge in [0.25, 0.3) is 5.91 Å². The van der Waals surface area contributed by atoms with Crippen LogP contribution in [0.4, 0.5) is 11.4 Å². The molecule has 0 fully saturated rings. The van der Waals surface area contributed by atoms with Crippen LogP contribution in [-0.4, -0.2) is 37.5 Å². The molecule has 2 rings (SSSR count). The van der Waals surface area contributed by atoms with E-state index >= 15 is 0 Å². The van der Waals surface area contributed by atoms with Gasteiger partial charge in [0.15, 0.2) is 0 Å². The van der Waals surface area contributed by atoms with E-state index in [0.717, 1.165) is 6.42 Å². The highest BCUT2D eigenvalue weighted by Gasteiger charge is 2.10. The van der Waals surface area contributed by atoms with Gasteiger partial charge in [-0.15, -0.1) is 0 Å². The first-order valence-corrected chi connectivity index (χ1v) is 9.60. The number of hydrogen-bond donors (Lipinski definition) is 2. The molecule has 0 atom stereocenters. The normalized spacial score (nSPS) is 10.7. The Morgan fingerprint density at radius 3 is 1.87 bits per heavy atom. The molecule has 0 saturated heterocycles. The van der Waals surface area contributed by atoms with Gasteiger partial charge < -0.3 is 20.1 Å². The van der Waals surface area contributed by atoms with Gasteiger partial charge in [-0.2, -0.15) is 0 Å². The van der Waals surface area contributed by atoms with Gasteiger partial charge in [-0.1, -0.05) is 6.92 Å². The Labute approximate surface area is 180 Å². The van der Waals surface area contributed by atoms with Crippen LogP contribution in [0.15, 0.2) is 60.2 Å². The molecule has 2 N–H and O–H groups in total. The number of anilines is 2. The highest BCUT2D eigenvalue weighted by atomic mass is 16.5. The molecular formula is C23H24N2O6. The number of rotatable bonds is 8. The van der Waals surface area contributed by atoms with Crippen molar-refractivity contribution in [1.29, 1.82) is 0 Å². The van der Waals surface area contributed by atoms with E-state index in [-0.39, 0.29) is 5.57 Å². The van der Waals surface area contributed by atoms with E-state index in [2.05, 4.69) is 15.4 Å². The third-order valence-corrected chi connectivity index (χ3v) is 4.10. The van der Waals surface area contributed by atoms with Crippen LogP contribution in [0.2, 0.25) is 0 Å². The first-order chi connectivity index (χ1) is 14.8. The van der Waals surface area contributed by atoms with Crippen LogP contribution in [0.3, 0.4) is 0 Å². The van der Waals surface area contributed by atoms with Crippen molar-refractivity contribution in [1.82, 2.24) is 0 Å². The average molecular weight is 424 g/mol. The number of nitrogens with one attached hydrogen (secondary N) is 2. The lowest BCUT2D eigenvalue weighted by atomic mass is 10.2. The highest BCUT2D eigenvalue weighted by molar-refractivity contribution is 6.10. The first kappa shape index (κ1) is 23.3. The lowest BCUT2D eigenvalue weighted by Gasteiger charge is -2.07. The van der Waals surface area contributed by atoms with Crippen LogP contribution in [0, 0.1) is 0 Å². The quantitative estimate of drug-likeness (QED) is 0.495. The van der Waals surface area contributed by atoms with E-state index in [9.17, 15) is 19.2 Å². The van der Waals surface area contributed by atoms with Crippen LogP contribution < -0.4 is 10.6 Å². The van der Waals surface area contributed by atoms with Crippen molar-refractivity contribution in [2.75, 3.05) is 24.4 Å². The second-order valence-electron chi connectivity index (χ2n) is 6.55. The molecule has 162 valence electrons. The van der Waals surface area contributed by atoms with Crippen LogP contribution >= 0.6 is 0 Å². The molecule has 0 spiro atoms. The summed E-state index contributed by atoms with van der Waals surface area (Å²) < 4.78 is 9.67. The number of benzene rings is 2. The Hall–Kier alpha value is -3.94. The third-order valence-electron chi connectivity index (χ3n) is 4.10. The molecule has 8 nitrogen and oxygen atoms in total. The summed E-state index contributed by atoms with van der Waals surface area (Å²) in [6, 6.07) is 12.4. The van der Waals surface area contributed by atoms with Crippen molar-refractivity contribution < 1.29 is 28.7 Å². The van der Waals surface area contributed by atoms with E-state index in [1.54, 1.807) is 36.4 Å². The smallest absolute Gasteiger partial charge is 0.338 e. The van der Waals surface area contributed by atoms with E-state index in [0.29, 0.717) is 29.1 Å². The molecule has 8 heteroatoms. The number of methoxy groups -OCH3 is 1. The van der Waals surface area contributed by atoms with Gasteiger partial charge in [0.05, 0.1) is 24.8 Å². The topological polar surface area (TPSA) is 111 Å². The molecule has 0 aliphatic carbocycles. The summed E-state index contributed by atoms with van der Waals surface area (Å²) >= 11 is 0. The molecule has 2 aromatic rings. The van der Waals surface area contributed by atoms with E-state index < -0.39 is 23.8 Å². The number of esters is 2. The monoisotopic (exact) mass is 424 g/mol. The fourth-order valence-corrected chi connectivity index (χ4v) is 2.45. The molecule has 0 radical (unpaired) electrons. The summed E-state index contributed by atoms with van der Waals surface area (Å²) in [6.07, 6.45) is 1.90. The van der Waals surface area contributed by atoms with Crippen LogP contribution in [0.25, 0.3) is 0 Å². The Kier molecular flexibility index (Phi) is 8.51. The molecule has 0 saturated carbocycles. The highest BCUT2D eigenvalue weighted by Crippen LogP contribution is 2.13. The summed E-state index contributed by atoms with van der Waals surface area (Å²) in [6.45, 7) is 3.76. The molecule has 0 aliphatic rings.